The molecule has 2 heterocycles. The molecule has 0 fully saturated rings. The van der Waals surface area contributed by atoms with Crippen molar-refractivity contribution < 1.29 is 0 Å². The minimum absolute atomic E-state index is 0.707. The van der Waals surface area contributed by atoms with Crippen molar-refractivity contribution in [2.45, 2.75) is 13.8 Å². The molecule has 0 unspecified atom stereocenters. The van der Waals surface area contributed by atoms with Gasteiger partial charge in [-0.05, 0) is 54.8 Å². The lowest BCUT2D eigenvalue weighted by Crippen LogP contribution is -1.94. The average Bonchev–Trinajstić information content (AvgIpc) is 2.95. The van der Waals surface area contributed by atoms with Gasteiger partial charge < -0.3 is 0 Å². The Morgan fingerprint density at radius 3 is 2.28 bits per heavy atom. The van der Waals surface area contributed by atoms with Crippen LogP contribution in [-0.4, -0.2) is 14.6 Å². The lowest BCUT2D eigenvalue weighted by Gasteiger charge is -2.13. The van der Waals surface area contributed by atoms with Crippen molar-refractivity contribution >= 4 is 28.8 Å². The van der Waals surface area contributed by atoms with Crippen LogP contribution in [0.4, 0.5) is 0 Å². The van der Waals surface area contributed by atoms with Crippen LogP contribution in [0.25, 0.3) is 27.9 Å². The van der Waals surface area contributed by atoms with Crippen molar-refractivity contribution in [3.8, 4) is 22.3 Å². The van der Waals surface area contributed by atoms with Gasteiger partial charge in [0, 0.05) is 27.4 Å². The van der Waals surface area contributed by atoms with Crippen LogP contribution in [0.5, 0.6) is 0 Å². The van der Waals surface area contributed by atoms with Crippen molar-refractivity contribution in [3.05, 3.63) is 76.2 Å². The quantitative estimate of drug-likeness (QED) is 0.435. The van der Waals surface area contributed by atoms with Crippen LogP contribution in [0.15, 0.2) is 54.7 Å². The summed E-state index contributed by atoms with van der Waals surface area (Å²) in [5.74, 6) is 0.835. The summed E-state index contributed by atoms with van der Waals surface area (Å²) >= 11 is 12.6. The van der Waals surface area contributed by atoms with Crippen molar-refractivity contribution in [1.29, 1.82) is 0 Å². The van der Waals surface area contributed by atoms with E-state index in [4.69, 9.17) is 23.2 Å². The maximum absolute atomic E-state index is 6.55. The first-order valence-electron chi connectivity index (χ1n) is 7.91. The van der Waals surface area contributed by atoms with Gasteiger partial charge in [0.25, 0.3) is 0 Å². The molecule has 3 nitrogen and oxygen atoms in total. The number of fused-ring (bicyclic) bond motifs is 1. The molecule has 0 N–H and O–H groups in total. The van der Waals surface area contributed by atoms with Gasteiger partial charge in [-0.15, -0.1) is 10.2 Å². The van der Waals surface area contributed by atoms with E-state index >= 15 is 0 Å². The smallest absolute Gasteiger partial charge is 0.161 e. The zero-order valence-corrected chi connectivity index (χ0v) is 15.3. The van der Waals surface area contributed by atoms with Gasteiger partial charge >= 0.3 is 0 Å². The van der Waals surface area contributed by atoms with Gasteiger partial charge in [-0.3, -0.25) is 4.40 Å². The Bertz CT molecular complexity index is 1080. The first kappa shape index (κ1) is 16.1. The van der Waals surface area contributed by atoms with Gasteiger partial charge in [-0.2, -0.15) is 0 Å². The predicted molar refractivity (Wildman–Crippen MR) is 103 cm³/mol. The van der Waals surface area contributed by atoms with Crippen LogP contribution < -0.4 is 0 Å². The van der Waals surface area contributed by atoms with Gasteiger partial charge in [0.15, 0.2) is 5.65 Å². The topological polar surface area (TPSA) is 30.2 Å². The van der Waals surface area contributed by atoms with Gasteiger partial charge in [0.1, 0.15) is 5.82 Å². The van der Waals surface area contributed by atoms with Crippen LogP contribution >= 0.6 is 23.2 Å². The first-order valence-corrected chi connectivity index (χ1v) is 8.66. The number of pyridine rings is 1. The molecule has 0 saturated heterocycles. The third kappa shape index (κ3) is 2.90. The molecule has 0 atom stereocenters. The maximum Gasteiger partial charge on any atom is 0.161 e. The monoisotopic (exact) mass is 367 g/mol. The summed E-state index contributed by atoms with van der Waals surface area (Å²) < 4.78 is 1.98. The molecule has 2 aromatic heterocycles. The Labute approximate surface area is 155 Å². The highest BCUT2D eigenvalue weighted by atomic mass is 35.5. The number of nitrogens with zero attached hydrogens (tertiary/aromatic N) is 3. The summed E-state index contributed by atoms with van der Waals surface area (Å²) in [6.07, 6.45) is 2.05. The Morgan fingerprint density at radius 1 is 0.800 bits per heavy atom. The van der Waals surface area contributed by atoms with Crippen LogP contribution in [-0.2, 0) is 0 Å². The van der Waals surface area contributed by atoms with Crippen LogP contribution in [0.2, 0.25) is 10.0 Å². The summed E-state index contributed by atoms with van der Waals surface area (Å²) in [5, 5.41) is 9.85. The normalized spacial score (nSPS) is 11.2. The summed E-state index contributed by atoms with van der Waals surface area (Å²) in [4.78, 5) is 0. The largest absolute Gasteiger partial charge is 0.286 e. The van der Waals surface area contributed by atoms with Gasteiger partial charge in [0.2, 0.25) is 0 Å². The minimum atomic E-state index is 0.707. The predicted octanol–water partition coefficient (Wildman–Crippen LogP) is 5.99. The molecule has 0 aliphatic rings. The fraction of sp³-hybridized carbons (Fsp3) is 0.100. The van der Waals surface area contributed by atoms with E-state index < -0.39 is 0 Å². The zero-order chi connectivity index (χ0) is 17.6. The summed E-state index contributed by atoms with van der Waals surface area (Å²) in [7, 11) is 0. The third-order valence-electron chi connectivity index (χ3n) is 4.28. The maximum atomic E-state index is 6.55. The molecule has 2 aromatic carbocycles. The zero-order valence-electron chi connectivity index (χ0n) is 13.8. The van der Waals surface area contributed by atoms with E-state index in [-0.39, 0.29) is 0 Å². The molecule has 4 aromatic rings. The number of rotatable bonds is 2. The lowest BCUT2D eigenvalue weighted by atomic mass is 9.95. The third-order valence-corrected chi connectivity index (χ3v) is 4.85. The second kappa shape index (κ2) is 6.17. The molecule has 4 rings (SSSR count). The van der Waals surface area contributed by atoms with E-state index in [1.807, 2.05) is 60.8 Å². The van der Waals surface area contributed by atoms with Gasteiger partial charge in [-0.25, -0.2) is 0 Å². The number of hydrogen-bond donors (Lipinski definition) is 0. The fourth-order valence-corrected chi connectivity index (χ4v) is 3.43. The van der Waals surface area contributed by atoms with E-state index in [0.717, 1.165) is 44.3 Å². The highest BCUT2D eigenvalue weighted by Gasteiger charge is 2.14. The number of aromatic nitrogens is 3. The Kier molecular flexibility index (Phi) is 3.98. The number of hydrogen-bond acceptors (Lipinski definition) is 2. The first-order chi connectivity index (χ1) is 12.0. The van der Waals surface area contributed by atoms with E-state index in [9.17, 15) is 0 Å². The number of aryl methyl sites for hydroxylation is 2. The Hall–Kier alpha value is -2.36. The minimum Gasteiger partial charge on any atom is -0.286 e. The van der Waals surface area contributed by atoms with Crippen LogP contribution in [0.3, 0.4) is 0 Å². The molecule has 0 aliphatic carbocycles. The van der Waals surface area contributed by atoms with E-state index in [0.29, 0.717) is 5.02 Å². The number of halogens is 2. The second-order valence-electron chi connectivity index (χ2n) is 6.07. The molecular weight excluding hydrogens is 353 g/mol. The summed E-state index contributed by atoms with van der Waals surface area (Å²) in [6.45, 7) is 3.96. The van der Waals surface area contributed by atoms with E-state index in [2.05, 4.69) is 22.3 Å². The highest BCUT2D eigenvalue weighted by molar-refractivity contribution is 6.33. The molecule has 0 aliphatic heterocycles. The molecule has 25 heavy (non-hydrogen) atoms. The van der Waals surface area contributed by atoms with Crippen molar-refractivity contribution in [3.63, 3.8) is 0 Å². The molecule has 124 valence electrons. The molecular formula is C20H15Cl2N3. The lowest BCUT2D eigenvalue weighted by molar-refractivity contribution is 1.01. The van der Waals surface area contributed by atoms with Crippen molar-refractivity contribution in [2.75, 3.05) is 0 Å². The standard InChI is InChI=1S/C20H15Cl2N3/c1-12-3-8-16(19(22)9-12)18-11-25-13(2)23-24-20(25)10-17(18)14-4-6-15(21)7-5-14/h3-11H,1-2H3. The Balaban J connectivity index is 2.04. The average molecular weight is 368 g/mol. The van der Waals surface area contributed by atoms with Crippen molar-refractivity contribution in [2.24, 2.45) is 0 Å². The molecule has 0 amide bonds. The molecule has 5 heteroatoms. The van der Waals surface area contributed by atoms with Crippen LogP contribution in [0, 0.1) is 13.8 Å². The molecule has 0 bridgehead atoms. The molecule has 0 spiro atoms. The Morgan fingerprint density at radius 2 is 1.56 bits per heavy atom. The highest BCUT2D eigenvalue weighted by Crippen LogP contribution is 2.37. The van der Waals surface area contributed by atoms with Crippen molar-refractivity contribution in [1.82, 2.24) is 14.6 Å². The second-order valence-corrected chi connectivity index (χ2v) is 6.91. The van der Waals surface area contributed by atoms with Gasteiger partial charge in [0.05, 0.1) is 0 Å². The molecule has 0 saturated carbocycles. The fourth-order valence-electron chi connectivity index (χ4n) is 2.97. The molecule has 0 radical (unpaired) electrons. The summed E-state index contributed by atoms with van der Waals surface area (Å²) in [6, 6.07) is 15.9. The summed E-state index contributed by atoms with van der Waals surface area (Å²) in [5.41, 5.74) is 6.04. The van der Waals surface area contributed by atoms with Crippen LogP contribution in [0.1, 0.15) is 11.4 Å². The van der Waals surface area contributed by atoms with Gasteiger partial charge in [-0.1, -0.05) is 47.5 Å². The number of benzene rings is 2. The van der Waals surface area contributed by atoms with E-state index in [1.54, 1.807) is 0 Å². The SMILES string of the molecule is Cc1ccc(-c2cn3c(C)nnc3cc2-c2ccc(Cl)cc2)c(Cl)c1. The van der Waals surface area contributed by atoms with E-state index in [1.165, 1.54) is 0 Å².